The van der Waals surface area contributed by atoms with Crippen LogP contribution in [-0.2, 0) is 21.7 Å². The van der Waals surface area contributed by atoms with Gasteiger partial charge in [0, 0.05) is 5.56 Å². The fourth-order valence-electron chi connectivity index (χ4n) is 2.69. The maximum atomic E-state index is 14.0. The van der Waals surface area contributed by atoms with Gasteiger partial charge in [-0.25, -0.2) is 9.18 Å². The van der Waals surface area contributed by atoms with Gasteiger partial charge in [-0.15, -0.1) is 0 Å². The van der Waals surface area contributed by atoms with Crippen LogP contribution < -0.4 is 10.6 Å². The number of rotatable bonds is 5. The Labute approximate surface area is 142 Å². The Morgan fingerprint density at radius 1 is 1.28 bits per heavy atom. The minimum absolute atomic E-state index is 0.0480. The SMILES string of the molecule is C[C@@]1(c2ccccc2F)NC(=O)N(CC(=O)NCc2ccco2)C1=O. The first-order valence-electron chi connectivity index (χ1n) is 7.60. The van der Waals surface area contributed by atoms with Crippen molar-refractivity contribution >= 4 is 17.8 Å². The molecule has 2 aromatic rings. The molecule has 7 nitrogen and oxygen atoms in total. The normalized spacial score (nSPS) is 19.8. The van der Waals surface area contributed by atoms with Gasteiger partial charge in [0.1, 0.15) is 23.7 Å². The number of amides is 4. The topological polar surface area (TPSA) is 91.7 Å². The molecule has 1 aliphatic rings. The molecule has 0 unspecified atom stereocenters. The fraction of sp³-hybridized carbons (Fsp3) is 0.235. The van der Waals surface area contributed by atoms with Crippen LogP contribution in [0.4, 0.5) is 9.18 Å². The fourth-order valence-corrected chi connectivity index (χ4v) is 2.69. The average molecular weight is 345 g/mol. The molecule has 1 saturated heterocycles. The number of carbonyl (C=O) groups excluding carboxylic acids is 3. The Hall–Kier alpha value is -3.16. The number of hydrogen-bond donors (Lipinski definition) is 2. The number of hydrogen-bond acceptors (Lipinski definition) is 4. The van der Waals surface area contributed by atoms with Crippen LogP contribution >= 0.6 is 0 Å². The molecule has 1 aromatic carbocycles. The Balaban J connectivity index is 1.71. The molecular formula is C17H16FN3O4. The highest BCUT2D eigenvalue weighted by Crippen LogP contribution is 2.30. The summed E-state index contributed by atoms with van der Waals surface area (Å²) in [5.41, 5.74) is -1.50. The molecule has 25 heavy (non-hydrogen) atoms. The number of furan rings is 1. The van der Waals surface area contributed by atoms with E-state index >= 15 is 0 Å². The third-order valence-electron chi connectivity index (χ3n) is 4.03. The van der Waals surface area contributed by atoms with Crippen LogP contribution in [0.25, 0.3) is 0 Å². The van der Waals surface area contributed by atoms with E-state index in [4.69, 9.17) is 4.42 Å². The second kappa shape index (κ2) is 6.39. The second-order valence-electron chi connectivity index (χ2n) is 5.78. The number of halogens is 1. The average Bonchev–Trinajstić information content (AvgIpc) is 3.17. The summed E-state index contributed by atoms with van der Waals surface area (Å²) in [5, 5.41) is 5.01. The summed E-state index contributed by atoms with van der Waals surface area (Å²) in [6.45, 7) is 1.09. The highest BCUT2D eigenvalue weighted by atomic mass is 19.1. The lowest BCUT2D eigenvalue weighted by Crippen LogP contribution is -2.43. The van der Waals surface area contributed by atoms with E-state index in [1.165, 1.54) is 31.4 Å². The molecule has 2 N–H and O–H groups in total. The number of urea groups is 1. The Kier molecular flexibility index (Phi) is 4.26. The van der Waals surface area contributed by atoms with Gasteiger partial charge in [0.2, 0.25) is 5.91 Å². The van der Waals surface area contributed by atoms with Gasteiger partial charge in [-0.3, -0.25) is 14.5 Å². The van der Waals surface area contributed by atoms with Gasteiger partial charge < -0.3 is 15.1 Å². The first-order valence-corrected chi connectivity index (χ1v) is 7.60. The quantitative estimate of drug-likeness (QED) is 0.804. The van der Waals surface area contributed by atoms with E-state index in [2.05, 4.69) is 10.6 Å². The monoisotopic (exact) mass is 345 g/mol. The van der Waals surface area contributed by atoms with Crippen LogP contribution in [-0.4, -0.2) is 29.3 Å². The first kappa shape index (κ1) is 16.7. The summed E-state index contributed by atoms with van der Waals surface area (Å²) >= 11 is 0. The highest BCUT2D eigenvalue weighted by Gasteiger charge is 2.50. The molecule has 3 rings (SSSR count). The van der Waals surface area contributed by atoms with Crippen molar-refractivity contribution < 1.29 is 23.2 Å². The molecule has 1 atom stereocenters. The van der Waals surface area contributed by atoms with Crippen molar-refractivity contribution in [1.82, 2.24) is 15.5 Å². The Morgan fingerprint density at radius 3 is 2.72 bits per heavy atom. The van der Waals surface area contributed by atoms with E-state index in [1.807, 2.05) is 0 Å². The highest BCUT2D eigenvalue weighted by molar-refractivity contribution is 6.09. The standard InChI is InChI=1S/C17H16FN3O4/c1-17(12-6-2-3-7-13(12)18)15(23)21(16(24)20-17)10-14(22)19-9-11-5-4-8-25-11/h2-8H,9-10H2,1H3,(H,19,22)(H,20,24)/t17-/m0/s1. The minimum Gasteiger partial charge on any atom is -0.467 e. The molecule has 130 valence electrons. The van der Waals surface area contributed by atoms with Gasteiger partial charge >= 0.3 is 6.03 Å². The maximum Gasteiger partial charge on any atom is 0.325 e. The lowest BCUT2D eigenvalue weighted by atomic mass is 9.91. The van der Waals surface area contributed by atoms with E-state index < -0.39 is 35.7 Å². The van der Waals surface area contributed by atoms with Crippen molar-refractivity contribution in [3.8, 4) is 0 Å². The summed E-state index contributed by atoms with van der Waals surface area (Å²) < 4.78 is 19.1. The summed E-state index contributed by atoms with van der Waals surface area (Å²) in [6.07, 6.45) is 1.47. The van der Waals surface area contributed by atoms with Crippen LogP contribution in [0.2, 0.25) is 0 Å². The van der Waals surface area contributed by atoms with Gasteiger partial charge in [0.15, 0.2) is 0 Å². The van der Waals surface area contributed by atoms with Crippen molar-refractivity contribution in [3.05, 3.63) is 59.8 Å². The molecule has 1 aromatic heterocycles. The molecule has 0 aliphatic carbocycles. The zero-order chi connectivity index (χ0) is 18.0. The van der Waals surface area contributed by atoms with Crippen LogP contribution in [0.5, 0.6) is 0 Å². The van der Waals surface area contributed by atoms with Crippen molar-refractivity contribution in [2.45, 2.75) is 19.0 Å². The summed E-state index contributed by atoms with van der Waals surface area (Å²) in [7, 11) is 0. The van der Waals surface area contributed by atoms with Crippen molar-refractivity contribution in [2.24, 2.45) is 0 Å². The summed E-state index contributed by atoms with van der Waals surface area (Å²) in [4.78, 5) is 37.5. The molecule has 4 amide bonds. The molecule has 1 fully saturated rings. The largest absolute Gasteiger partial charge is 0.467 e. The van der Waals surface area contributed by atoms with E-state index in [9.17, 15) is 18.8 Å². The summed E-state index contributed by atoms with van der Waals surface area (Å²) in [5.74, 6) is -1.28. The van der Waals surface area contributed by atoms with Crippen molar-refractivity contribution in [3.63, 3.8) is 0 Å². The van der Waals surface area contributed by atoms with E-state index in [1.54, 1.807) is 18.2 Å². The third kappa shape index (κ3) is 3.10. The van der Waals surface area contributed by atoms with Gasteiger partial charge in [0.05, 0.1) is 12.8 Å². The van der Waals surface area contributed by atoms with E-state index in [0.717, 1.165) is 4.90 Å². The molecule has 8 heteroatoms. The lowest BCUT2D eigenvalue weighted by Gasteiger charge is -2.22. The maximum absolute atomic E-state index is 14.0. The van der Waals surface area contributed by atoms with E-state index in [0.29, 0.717) is 5.76 Å². The van der Waals surface area contributed by atoms with Gasteiger partial charge in [-0.05, 0) is 25.1 Å². The molecule has 1 aliphatic heterocycles. The van der Waals surface area contributed by atoms with Gasteiger partial charge in [-0.2, -0.15) is 0 Å². The molecular weight excluding hydrogens is 329 g/mol. The van der Waals surface area contributed by atoms with Crippen LogP contribution in [0.1, 0.15) is 18.2 Å². The van der Waals surface area contributed by atoms with Crippen LogP contribution in [0.15, 0.2) is 47.1 Å². The van der Waals surface area contributed by atoms with Crippen molar-refractivity contribution in [2.75, 3.05) is 6.54 Å². The molecule has 2 heterocycles. The predicted octanol–water partition coefficient (Wildman–Crippen LogP) is 1.50. The molecule has 0 saturated carbocycles. The lowest BCUT2D eigenvalue weighted by molar-refractivity contribution is -0.134. The summed E-state index contributed by atoms with van der Waals surface area (Å²) in [6, 6.07) is 8.31. The van der Waals surface area contributed by atoms with E-state index in [-0.39, 0.29) is 12.1 Å². The first-order chi connectivity index (χ1) is 11.9. The zero-order valence-electron chi connectivity index (χ0n) is 13.4. The van der Waals surface area contributed by atoms with Crippen LogP contribution in [0.3, 0.4) is 0 Å². The van der Waals surface area contributed by atoms with Gasteiger partial charge in [0.25, 0.3) is 5.91 Å². The molecule has 0 spiro atoms. The number of nitrogens with zero attached hydrogens (tertiary/aromatic N) is 1. The minimum atomic E-state index is -1.55. The molecule has 0 radical (unpaired) electrons. The number of carbonyl (C=O) groups is 3. The van der Waals surface area contributed by atoms with Crippen LogP contribution in [0, 0.1) is 5.82 Å². The number of benzene rings is 1. The number of nitrogens with one attached hydrogen (secondary N) is 2. The Morgan fingerprint density at radius 2 is 2.04 bits per heavy atom. The molecule has 0 bridgehead atoms. The van der Waals surface area contributed by atoms with Crippen molar-refractivity contribution in [1.29, 1.82) is 0 Å². The second-order valence-corrected chi connectivity index (χ2v) is 5.78. The third-order valence-corrected chi connectivity index (χ3v) is 4.03. The predicted molar refractivity (Wildman–Crippen MR) is 84.6 cm³/mol. The Bertz CT molecular complexity index is 821. The smallest absolute Gasteiger partial charge is 0.325 e. The van der Waals surface area contributed by atoms with Gasteiger partial charge in [-0.1, -0.05) is 18.2 Å². The zero-order valence-corrected chi connectivity index (χ0v) is 13.4. The number of imide groups is 1.